The van der Waals surface area contributed by atoms with Crippen molar-refractivity contribution in [2.75, 3.05) is 6.54 Å². The summed E-state index contributed by atoms with van der Waals surface area (Å²) in [6.07, 6.45) is 4.46. The molecule has 15 heavy (non-hydrogen) atoms. The highest BCUT2D eigenvalue weighted by molar-refractivity contribution is 5.76. The van der Waals surface area contributed by atoms with E-state index in [1.54, 1.807) is 0 Å². The molecule has 0 aromatic carbocycles. The van der Waals surface area contributed by atoms with Crippen LogP contribution in [-0.2, 0) is 18.4 Å². The van der Waals surface area contributed by atoms with Crippen molar-refractivity contribution < 1.29 is 4.79 Å². The first-order valence-corrected chi connectivity index (χ1v) is 5.19. The van der Waals surface area contributed by atoms with Crippen molar-refractivity contribution in [2.45, 2.75) is 19.9 Å². The van der Waals surface area contributed by atoms with Crippen molar-refractivity contribution in [3.8, 4) is 0 Å². The van der Waals surface area contributed by atoms with Gasteiger partial charge in [-0.2, -0.15) is 0 Å². The molecule has 1 aromatic rings. The second-order valence-electron chi connectivity index (χ2n) is 4.01. The van der Waals surface area contributed by atoms with Gasteiger partial charge in [-0.05, 0) is 24.1 Å². The summed E-state index contributed by atoms with van der Waals surface area (Å²) >= 11 is 0. The SMILES string of the molecule is CC(CN)CC(=O)NCc1ccn(C)c1. The number of nitrogens with two attached hydrogens (primary N) is 1. The van der Waals surface area contributed by atoms with Crippen molar-refractivity contribution in [3.05, 3.63) is 24.0 Å². The number of carbonyl (C=O) groups is 1. The van der Waals surface area contributed by atoms with Gasteiger partial charge in [0.2, 0.25) is 5.91 Å². The van der Waals surface area contributed by atoms with Gasteiger partial charge in [0, 0.05) is 32.4 Å². The monoisotopic (exact) mass is 209 g/mol. The molecule has 1 unspecified atom stereocenters. The molecule has 0 aliphatic heterocycles. The summed E-state index contributed by atoms with van der Waals surface area (Å²) in [4.78, 5) is 11.4. The van der Waals surface area contributed by atoms with Crippen LogP contribution in [0.25, 0.3) is 0 Å². The molecule has 0 spiro atoms. The van der Waals surface area contributed by atoms with E-state index in [-0.39, 0.29) is 11.8 Å². The fraction of sp³-hybridized carbons (Fsp3) is 0.545. The van der Waals surface area contributed by atoms with Crippen LogP contribution in [0.3, 0.4) is 0 Å². The number of nitrogens with one attached hydrogen (secondary N) is 1. The number of aromatic nitrogens is 1. The Balaban J connectivity index is 2.28. The molecule has 3 N–H and O–H groups in total. The lowest BCUT2D eigenvalue weighted by Crippen LogP contribution is -2.26. The molecule has 4 nitrogen and oxygen atoms in total. The molecule has 0 aliphatic carbocycles. The van der Waals surface area contributed by atoms with Crippen molar-refractivity contribution in [3.63, 3.8) is 0 Å². The minimum atomic E-state index is 0.0665. The Labute approximate surface area is 90.5 Å². The van der Waals surface area contributed by atoms with Crippen molar-refractivity contribution in [2.24, 2.45) is 18.7 Å². The number of amides is 1. The fourth-order valence-corrected chi connectivity index (χ4v) is 1.34. The lowest BCUT2D eigenvalue weighted by atomic mass is 10.1. The van der Waals surface area contributed by atoms with Gasteiger partial charge in [0.05, 0.1) is 0 Å². The van der Waals surface area contributed by atoms with E-state index in [0.717, 1.165) is 5.56 Å². The van der Waals surface area contributed by atoms with Crippen LogP contribution in [-0.4, -0.2) is 17.0 Å². The van der Waals surface area contributed by atoms with Gasteiger partial charge in [-0.1, -0.05) is 6.92 Å². The number of aryl methyl sites for hydroxylation is 1. The van der Waals surface area contributed by atoms with Crippen LogP contribution >= 0.6 is 0 Å². The topological polar surface area (TPSA) is 60.1 Å². The molecule has 1 aromatic heterocycles. The van der Waals surface area contributed by atoms with Gasteiger partial charge in [-0.15, -0.1) is 0 Å². The molecule has 1 atom stereocenters. The molecule has 0 saturated heterocycles. The summed E-state index contributed by atoms with van der Waals surface area (Å²) in [5, 5.41) is 2.87. The molecule has 1 heterocycles. The summed E-state index contributed by atoms with van der Waals surface area (Å²) in [6.45, 7) is 3.12. The van der Waals surface area contributed by atoms with Crippen LogP contribution < -0.4 is 11.1 Å². The molecular weight excluding hydrogens is 190 g/mol. The maximum absolute atomic E-state index is 11.4. The molecule has 0 aliphatic rings. The number of carbonyl (C=O) groups excluding carboxylic acids is 1. The van der Waals surface area contributed by atoms with Crippen molar-refractivity contribution in [1.29, 1.82) is 0 Å². The third-order valence-corrected chi connectivity index (χ3v) is 2.32. The summed E-state index contributed by atoms with van der Waals surface area (Å²) in [7, 11) is 1.96. The van der Waals surface area contributed by atoms with Crippen LogP contribution in [0, 0.1) is 5.92 Å². The Morgan fingerprint density at radius 3 is 2.93 bits per heavy atom. The van der Waals surface area contributed by atoms with Crippen molar-refractivity contribution >= 4 is 5.91 Å². The van der Waals surface area contributed by atoms with Crippen LogP contribution in [0.1, 0.15) is 18.9 Å². The summed E-state index contributed by atoms with van der Waals surface area (Å²) in [5.74, 6) is 0.317. The maximum Gasteiger partial charge on any atom is 0.220 e. The fourth-order valence-electron chi connectivity index (χ4n) is 1.34. The number of hydrogen-bond donors (Lipinski definition) is 2. The minimum Gasteiger partial charge on any atom is -0.357 e. The molecule has 0 fully saturated rings. The second kappa shape index (κ2) is 5.56. The summed E-state index contributed by atoms with van der Waals surface area (Å²) in [5.41, 5.74) is 6.56. The first-order valence-electron chi connectivity index (χ1n) is 5.19. The second-order valence-corrected chi connectivity index (χ2v) is 4.01. The average molecular weight is 209 g/mol. The van der Waals surface area contributed by atoms with E-state index >= 15 is 0 Å². The van der Waals surface area contributed by atoms with E-state index in [1.165, 1.54) is 0 Å². The summed E-state index contributed by atoms with van der Waals surface area (Å²) < 4.78 is 1.96. The normalized spacial score (nSPS) is 12.5. The zero-order chi connectivity index (χ0) is 11.3. The van der Waals surface area contributed by atoms with Gasteiger partial charge >= 0.3 is 0 Å². The third kappa shape index (κ3) is 4.16. The highest BCUT2D eigenvalue weighted by Crippen LogP contribution is 2.01. The molecule has 0 saturated carbocycles. The van der Waals surface area contributed by atoms with E-state index in [4.69, 9.17) is 5.73 Å². The first-order chi connectivity index (χ1) is 7.11. The minimum absolute atomic E-state index is 0.0665. The lowest BCUT2D eigenvalue weighted by Gasteiger charge is -2.08. The number of nitrogens with zero attached hydrogens (tertiary/aromatic N) is 1. The van der Waals surface area contributed by atoms with Crippen LogP contribution in [0.4, 0.5) is 0 Å². The zero-order valence-electron chi connectivity index (χ0n) is 9.36. The molecule has 0 bridgehead atoms. The highest BCUT2D eigenvalue weighted by Gasteiger charge is 2.06. The summed E-state index contributed by atoms with van der Waals surface area (Å²) in [6, 6.07) is 1.99. The van der Waals surface area contributed by atoms with Crippen LogP contribution in [0.15, 0.2) is 18.5 Å². The maximum atomic E-state index is 11.4. The van der Waals surface area contributed by atoms with E-state index < -0.39 is 0 Å². The van der Waals surface area contributed by atoms with E-state index in [0.29, 0.717) is 19.5 Å². The van der Waals surface area contributed by atoms with Gasteiger partial charge in [-0.25, -0.2) is 0 Å². The Kier molecular flexibility index (Phi) is 4.37. The van der Waals surface area contributed by atoms with Gasteiger partial charge in [-0.3, -0.25) is 4.79 Å². The Morgan fingerprint density at radius 1 is 1.67 bits per heavy atom. The van der Waals surface area contributed by atoms with Gasteiger partial charge in [0.15, 0.2) is 0 Å². The Morgan fingerprint density at radius 2 is 2.40 bits per heavy atom. The number of hydrogen-bond acceptors (Lipinski definition) is 2. The van der Waals surface area contributed by atoms with Gasteiger partial charge in [0.1, 0.15) is 0 Å². The zero-order valence-corrected chi connectivity index (χ0v) is 9.36. The average Bonchev–Trinajstić information content (AvgIpc) is 2.61. The smallest absolute Gasteiger partial charge is 0.220 e. The molecular formula is C11H19N3O. The molecule has 0 radical (unpaired) electrons. The van der Waals surface area contributed by atoms with Crippen LogP contribution in [0.2, 0.25) is 0 Å². The molecule has 1 rings (SSSR count). The molecule has 84 valence electrons. The van der Waals surface area contributed by atoms with E-state index in [2.05, 4.69) is 5.32 Å². The quantitative estimate of drug-likeness (QED) is 0.747. The lowest BCUT2D eigenvalue weighted by molar-refractivity contribution is -0.122. The molecule has 4 heteroatoms. The van der Waals surface area contributed by atoms with Crippen LogP contribution in [0.5, 0.6) is 0 Å². The first kappa shape index (κ1) is 11.8. The Bertz CT molecular complexity index is 319. The van der Waals surface area contributed by atoms with E-state index in [9.17, 15) is 4.79 Å². The standard InChI is InChI=1S/C11H19N3O/c1-9(6-12)5-11(15)13-7-10-3-4-14(2)8-10/h3-4,8-9H,5-7,12H2,1-2H3,(H,13,15). The van der Waals surface area contributed by atoms with Crippen molar-refractivity contribution in [1.82, 2.24) is 9.88 Å². The van der Waals surface area contributed by atoms with Gasteiger partial charge in [0.25, 0.3) is 0 Å². The third-order valence-electron chi connectivity index (χ3n) is 2.32. The van der Waals surface area contributed by atoms with E-state index in [1.807, 2.05) is 37.0 Å². The number of rotatable bonds is 5. The largest absolute Gasteiger partial charge is 0.357 e. The van der Waals surface area contributed by atoms with Gasteiger partial charge < -0.3 is 15.6 Å². The predicted molar refractivity (Wildman–Crippen MR) is 60.1 cm³/mol. The highest BCUT2D eigenvalue weighted by atomic mass is 16.1. The molecule has 1 amide bonds. The Hall–Kier alpha value is -1.29. The predicted octanol–water partition coefficient (Wildman–Crippen LogP) is 0.626.